The molecule has 0 aromatic heterocycles. The van der Waals surface area contributed by atoms with Crippen LogP contribution in [0.4, 0.5) is 17.1 Å². The summed E-state index contributed by atoms with van der Waals surface area (Å²) in [6.07, 6.45) is 0. The van der Waals surface area contributed by atoms with Gasteiger partial charge in [0.05, 0.1) is 30.3 Å². The summed E-state index contributed by atoms with van der Waals surface area (Å²) in [5.74, 6) is -0.203. The van der Waals surface area contributed by atoms with Gasteiger partial charge in [-0.15, -0.1) is 0 Å². The van der Waals surface area contributed by atoms with E-state index in [0.29, 0.717) is 11.4 Å². The van der Waals surface area contributed by atoms with Gasteiger partial charge in [-0.1, -0.05) is 18.2 Å². The van der Waals surface area contributed by atoms with Gasteiger partial charge in [0.2, 0.25) is 0 Å². The molecule has 0 aliphatic carbocycles. The molecule has 1 fully saturated rings. The first-order valence-corrected chi connectivity index (χ1v) is 8.69. The number of benzene rings is 2. The van der Waals surface area contributed by atoms with Gasteiger partial charge in [0.1, 0.15) is 0 Å². The Hall–Kier alpha value is -2.99. The van der Waals surface area contributed by atoms with Crippen LogP contribution >= 0.6 is 0 Å². The van der Waals surface area contributed by atoms with E-state index in [1.165, 1.54) is 5.01 Å². The molecule has 0 atom stereocenters. The minimum Gasteiger partial charge on any atom is -0.378 e. The monoisotopic (exact) mass is 348 g/mol. The number of rotatable bonds is 3. The zero-order valence-corrected chi connectivity index (χ0v) is 14.6. The Morgan fingerprint density at radius 1 is 0.962 bits per heavy atom. The van der Waals surface area contributed by atoms with Crippen molar-refractivity contribution >= 4 is 34.4 Å². The molecule has 0 bridgehead atoms. The number of amides is 1. The molecular weight excluding hydrogens is 328 g/mol. The van der Waals surface area contributed by atoms with Gasteiger partial charge in [0.25, 0.3) is 5.91 Å². The molecular formula is C20H20N4O2. The predicted octanol–water partition coefficient (Wildman–Crippen LogP) is 3.02. The number of carbonyl (C=O) groups excluding carboxylic acids is 1. The number of hydrogen-bond donors (Lipinski definition) is 0. The smallest absolute Gasteiger partial charge is 0.299 e. The Morgan fingerprint density at radius 3 is 2.35 bits per heavy atom. The van der Waals surface area contributed by atoms with Crippen molar-refractivity contribution < 1.29 is 9.53 Å². The number of aliphatic imine (C=N–C) groups is 1. The minimum absolute atomic E-state index is 0.203. The van der Waals surface area contributed by atoms with Crippen molar-refractivity contribution in [2.24, 2.45) is 10.1 Å². The van der Waals surface area contributed by atoms with Crippen LogP contribution in [-0.2, 0) is 9.53 Å². The van der Waals surface area contributed by atoms with Crippen LogP contribution in [-0.4, -0.2) is 43.6 Å². The number of ether oxygens (including phenoxy) is 1. The first kappa shape index (κ1) is 16.5. The molecule has 4 rings (SSSR count). The molecule has 132 valence electrons. The largest absolute Gasteiger partial charge is 0.378 e. The van der Waals surface area contributed by atoms with Crippen LogP contribution in [0, 0.1) is 0 Å². The lowest BCUT2D eigenvalue weighted by Crippen LogP contribution is -2.36. The first-order chi connectivity index (χ1) is 12.7. The van der Waals surface area contributed by atoms with Gasteiger partial charge in [0.15, 0.2) is 5.71 Å². The summed E-state index contributed by atoms with van der Waals surface area (Å²) in [6.45, 7) is 5.10. The summed E-state index contributed by atoms with van der Waals surface area (Å²) < 4.78 is 5.38. The van der Waals surface area contributed by atoms with Crippen LogP contribution in [0.15, 0.2) is 64.7 Å². The lowest BCUT2D eigenvalue weighted by atomic mass is 10.2. The van der Waals surface area contributed by atoms with Crippen molar-refractivity contribution in [3.05, 3.63) is 54.6 Å². The van der Waals surface area contributed by atoms with Gasteiger partial charge in [-0.05, 0) is 43.3 Å². The van der Waals surface area contributed by atoms with Crippen molar-refractivity contribution in [3.8, 4) is 0 Å². The molecule has 26 heavy (non-hydrogen) atoms. The fourth-order valence-electron chi connectivity index (χ4n) is 3.06. The molecule has 6 heteroatoms. The maximum Gasteiger partial charge on any atom is 0.299 e. The molecule has 0 radical (unpaired) electrons. The molecule has 1 amide bonds. The van der Waals surface area contributed by atoms with Crippen LogP contribution in [0.3, 0.4) is 0 Å². The van der Waals surface area contributed by atoms with E-state index in [2.05, 4.69) is 15.0 Å². The summed E-state index contributed by atoms with van der Waals surface area (Å²) in [7, 11) is 0. The number of nitrogens with zero attached hydrogens (tertiary/aromatic N) is 4. The zero-order chi connectivity index (χ0) is 17.9. The molecule has 0 N–H and O–H groups in total. The molecule has 0 saturated carbocycles. The van der Waals surface area contributed by atoms with Gasteiger partial charge in [-0.25, -0.2) is 4.99 Å². The second-order valence-electron chi connectivity index (χ2n) is 6.21. The zero-order valence-electron chi connectivity index (χ0n) is 14.6. The van der Waals surface area contributed by atoms with Crippen LogP contribution in [0.1, 0.15) is 6.92 Å². The van der Waals surface area contributed by atoms with Crippen molar-refractivity contribution in [3.63, 3.8) is 0 Å². The minimum atomic E-state index is -0.203. The Balaban J connectivity index is 1.54. The van der Waals surface area contributed by atoms with Gasteiger partial charge in [-0.3, -0.25) is 4.79 Å². The van der Waals surface area contributed by atoms with E-state index in [1.54, 1.807) is 0 Å². The number of anilines is 2. The average Bonchev–Trinajstić information content (AvgIpc) is 2.98. The third-order valence-electron chi connectivity index (χ3n) is 4.46. The first-order valence-electron chi connectivity index (χ1n) is 8.69. The Kier molecular flexibility index (Phi) is 4.50. The normalized spacial score (nSPS) is 19.2. The summed E-state index contributed by atoms with van der Waals surface area (Å²) in [5, 5.41) is 5.75. The van der Waals surface area contributed by atoms with Crippen molar-refractivity contribution in [2.75, 3.05) is 36.2 Å². The van der Waals surface area contributed by atoms with Crippen LogP contribution < -0.4 is 9.91 Å². The highest BCUT2D eigenvalue weighted by atomic mass is 16.5. The van der Waals surface area contributed by atoms with Crippen molar-refractivity contribution in [1.82, 2.24) is 0 Å². The highest BCUT2D eigenvalue weighted by Crippen LogP contribution is 2.24. The molecule has 2 heterocycles. The third kappa shape index (κ3) is 3.23. The van der Waals surface area contributed by atoms with Crippen LogP contribution in [0.25, 0.3) is 0 Å². The second-order valence-corrected chi connectivity index (χ2v) is 6.21. The average molecular weight is 348 g/mol. The molecule has 0 spiro atoms. The van der Waals surface area contributed by atoms with E-state index < -0.39 is 0 Å². The number of para-hydroxylation sites is 1. The Labute approximate surface area is 152 Å². The van der Waals surface area contributed by atoms with E-state index in [1.807, 2.05) is 61.5 Å². The Bertz CT molecular complexity index is 853. The van der Waals surface area contributed by atoms with Crippen molar-refractivity contribution in [1.29, 1.82) is 0 Å². The standard InChI is InChI=1S/C20H20N4O2/c1-15-19(20(25)24(22-15)18-5-3-2-4-6-18)21-16-7-9-17(10-8-16)23-11-13-26-14-12-23/h2-10H,11-14H2,1H3. The van der Waals surface area contributed by atoms with Crippen molar-refractivity contribution in [2.45, 2.75) is 6.92 Å². The van der Waals surface area contributed by atoms with Gasteiger partial charge < -0.3 is 9.64 Å². The third-order valence-corrected chi connectivity index (χ3v) is 4.46. The molecule has 1 saturated heterocycles. The number of hydrogen-bond acceptors (Lipinski definition) is 5. The van der Waals surface area contributed by atoms with E-state index >= 15 is 0 Å². The lowest BCUT2D eigenvalue weighted by molar-refractivity contribution is -0.112. The summed E-state index contributed by atoms with van der Waals surface area (Å²) in [4.78, 5) is 19.5. The van der Waals surface area contributed by atoms with Gasteiger partial charge in [-0.2, -0.15) is 10.1 Å². The second kappa shape index (κ2) is 7.09. The number of hydrazone groups is 1. The van der Waals surface area contributed by atoms with E-state index in [-0.39, 0.29) is 5.91 Å². The van der Waals surface area contributed by atoms with E-state index in [4.69, 9.17) is 4.74 Å². The molecule has 2 aliphatic heterocycles. The topological polar surface area (TPSA) is 57.5 Å². The Morgan fingerprint density at radius 2 is 1.65 bits per heavy atom. The fourth-order valence-corrected chi connectivity index (χ4v) is 3.06. The summed E-state index contributed by atoms with van der Waals surface area (Å²) in [6, 6.07) is 17.3. The maximum absolute atomic E-state index is 12.7. The van der Waals surface area contributed by atoms with E-state index in [9.17, 15) is 4.79 Å². The summed E-state index contributed by atoms with van der Waals surface area (Å²) in [5.41, 5.74) is 3.63. The number of carbonyl (C=O) groups is 1. The molecule has 6 nitrogen and oxygen atoms in total. The highest BCUT2D eigenvalue weighted by Gasteiger charge is 2.30. The fraction of sp³-hybridized carbons (Fsp3) is 0.250. The molecule has 2 aliphatic rings. The lowest BCUT2D eigenvalue weighted by Gasteiger charge is -2.28. The van der Waals surface area contributed by atoms with Gasteiger partial charge in [0, 0.05) is 18.8 Å². The predicted molar refractivity (Wildman–Crippen MR) is 104 cm³/mol. The quantitative estimate of drug-likeness (QED) is 0.857. The molecule has 2 aromatic carbocycles. The SMILES string of the molecule is CC1=NN(c2ccccc2)C(=O)C1=Nc1ccc(N2CCOCC2)cc1. The van der Waals surface area contributed by atoms with Crippen LogP contribution in [0.2, 0.25) is 0 Å². The van der Waals surface area contributed by atoms with Gasteiger partial charge >= 0.3 is 0 Å². The highest BCUT2D eigenvalue weighted by molar-refractivity contribution is 6.71. The summed E-state index contributed by atoms with van der Waals surface area (Å²) >= 11 is 0. The maximum atomic E-state index is 12.7. The molecule has 2 aromatic rings. The van der Waals surface area contributed by atoms with E-state index in [0.717, 1.165) is 43.4 Å². The molecule has 0 unspecified atom stereocenters. The van der Waals surface area contributed by atoms with Crippen LogP contribution in [0.5, 0.6) is 0 Å². The number of morpholine rings is 1.